The number of rotatable bonds is 13. The Morgan fingerprint density at radius 2 is 1.93 bits per heavy atom. The summed E-state index contributed by atoms with van der Waals surface area (Å²) in [5, 5.41) is 3.63. The molecular formula is C23H36N4O. The third kappa shape index (κ3) is 6.79. The Balaban J connectivity index is 1.89. The molecule has 154 valence electrons. The molecule has 0 aliphatic rings. The van der Waals surface area contributed by atoms with Crippen molar-refractivity contribution in [1.82, 2.24) is 14.9 Å². The standard InChI is InChI=1S/C23H36N4O/c1-4-5-6-7-9-21(22(24)28)19-10-12-20(13-11-19)23(2,3)26-14-8-16-27-17-15-25-18-27/h10-13,15,17-18,21,26H,4-9,14,16H2,1-3H3,(H2,24,28). The molecule has 1 aromatic heterocycles. The first-order chi connectivity index (χ1) is 13.4. The van der Waals surface area contributed by atoms with Crippen LogP contribution in [0.3, 0.4) is 0 Å². The minimum Gasteiger partial charge on any atom is -0.369 e. The molecule has 0 fully saturated rings. The molecule has 1 heterocycles. The molecule has 1 atom stereocenters. The van der Waals surface area contributed by atoms with E-state index in [1.54, 1.807) is 0 Å². The van der Waals surface area contributed by atoms with Gasteiger partial charge in [0.05, 0.1) is 12.2 Å². The van der Waals surface area contributed by atoms with E-state index in [1.165, 1.54) is 18.4 Å². The van der Waals surface area contributed by atoms with Crippen LogP contribution in [0.1, 0.15) is 76.3 Å². The van der Waals surface area contributed by atoms with Crippen molar-refractivity contribution in [3.8, 4) is 0 Å². The summed E-state index contributed by atoms with van der Waals surface area (Å²) in [6.45, 7) is 8.46. The zero-order valence-electron chi connectivity index (χ0n) is 17.7. The minimum atomic E-state index is -0.221. The molecule has 1 amide bonds. The molecule has 0 aliphatic carbocycles. The van der Waals surface area contributed by atoms with Gasteiger partial charge >= 0.3 is 0 Å². The Hall–Kier alpha value is -2.14. The van der Waals surface area contributed by atoms with Crippen LogP contribution in [0.5, 0.6) is 0 Å². The summed E-state index contributed by atoms with van der Waals surface area (Å²) in [6.07, 6.45) is 12.1. The molecule has 0 radical (unpaired) electrons. The topological polar surface area (TPSA) is 72.9 Å². The number of imidazole rings is 1. The highest BCUT2D eigenvalue weighted by Gasteiger charge is 2.21. The van der Waals surface area contributed by atoms with Gasteiger partial charge < -0.3 is 15.6 Å². The summed E-state index contributed by atoms with van der Waals surface area (Å²) < 4.78 is 2.09. The van der Waals surface area contributed by atoms with Crippen molar-refractivity contribution in [2.45, 2.75) is 77.3 Å². The maximum Gasteiger partial charge on any atom is 0.224 e. The molecule has 0 spiro atoms. The molecule has 5 nitrogen and oxygen atoms in total. The zero-order chi connectivity index (χ0) is 20.4. The van der Waals surface area contributed by atoms with Crippen LogP contribution in [-0.2, 0) is 16.9 Å². The molecule has 0 saturated heterocycles. The van der Waals surface area contributed by atoms with Crippen LogP contribution < -0.4 is 11.1 Å². The fourth-order valence-electron chi connectivity index (χ4n) is 3.56. The van der Waals surface area contributed by atoms with E-state index < -0.39 is 0 Å². The van der Waals surface area contributed by atoms with E-state index in [1.807, 2.05) is 18.7 Å². The van der Waals surface area contributed by atoms with E-state index in [-0.39, 0.29) is 17.4 Å². The molecule has 5 heteroatoms. The highest BCUT2D eigenvalue weighted by molar-refractivity contribution is 5.81. The van der Waals surface area contributed by atoms with Gasteiger partial charge in [-0.1, -0.05) is 56.9 Å². The van der Waals surface area contributed by atoms with Crippen molar-refractivity contribution in [1.29, 1.82) is 0 Å². The highest BCUT2D eigenvalue weighted by Crippen LogP contribution is 2.26. The average Bonchev–Trinajstić information content (AvgIpc) is 3.19. The van der Waals surface area contributed by atoms with Crippen LogP contribution in [0.25, 0.3) is 0 Å². The van der Waals surface area contributed by atoms with Gasteiger partial charge in [-0.2, -0.15) is 0 Å². The number of carbonyl (C=O) groups excluding carboxylic acids is 1. The van der Waals surface area contributed by atoms with Gasteiger partial charge in [-0.25, -0.2) is 4.98 Å². The molecule has 0 saturated carbocycles. The van der Waals surface area contributed by atoms with Crippen LogP contribution in [0.2, 0.25) is 0 Å². The van der Waals surface area contributed by atoms with E-state index in [4.69, 9.17) is 5.73 Å². The van der Waals surface area contributed by atoms with Crippen LogP contribution in [0, 0.1) is 0 Å². The number of aryl methyl sites for hydroxylation is 1. The monoisotopic (exact) mass is 384 g/mol. The second-order valence-electron chi connectivity index (χ2n) is 8.13. The third-order valence-electron chi connectivity index (χ3n) is 5.44. The molecule has 1 unspecified atom stereocenters. The largest absolute Gasteiger partial charge is 0.369 e. The molecule has 1 aromatic carbocycles. The Labute approximate surface area is 169 Å². The van der Waals surface area contributed by atoms with Gasteiger partial charge in [-0.05, 0) is 44.4 Å². The lowest BCUT2D eigenvalue weighted by atomic mass is 9.88. The predicted molar refractivity (Wildman–Crippen MR) is 115 cm³/mol. The molecule has 28 heavy (non-hydrogen) atoms. The normalized spacial score (nSPS) is 12.8. The lowest BCUT2D eigenvalue weighted by molar-refractivity contribution is -0.119. The van der Waals surface area contributed by atoms with Crippen molar-refractivity contribution in [3.05, 3.63) is 54.1 Å². The number of unbranched alkanes of at least 4 members (excludes halogenated alkanes) is 3. The summed E-state index contributed by atoms with van der Waals surface area (Å²) in [7, 11) is 0. The summed E-state index contributed by atoms with van der Waals surface area (Å²) in [5.74, 6) is -0.404. The predicted octanol–water partition coefficient (Wildman–Crippen LogP) is 4.34. The van der Waals surface area contributed by atoms with E-state index >= 15 is 0 Å². The quantitative estimate of drug-likeness (QED) is 0.505. The molecule has 3 N–H and O–H groups in total. The number of amides is 1. The van der Waals surface area contributed by atoms with E-state index in [0.717, 1.165) is 44.3 Å². The van der Waals surface area contributed by atoms with Crippen molar-refractivity contribution in [2.24, 2.45) is 5.73 Å². The fourth-order valence-corrected chi connectivity index (χ4v) is 3.56. The van der Waals surface area contributed by atoms with Gasteiger partial charge in [0, 0.05) is 24.5 Å². The average molecular weight is 385 g/mol. The molecule has 2 rings (SSSR count). The number of benzene rings is 1. The first-order valence-corrected chi connectivity index (χ1v) is 10.5. The molecule has 0 bridgehead atoms. The summed E-state index contributed by atoms with van der Waals surface area (Å²) in [6, 6.07) is 8.39. The SMILES string of the molecule is CCCCCCC(C(N)=O)c1ccc(C(C)(C)NCCCn2ccnc2)cc1. The first-order valence-electron chi connectivity index (χ1n) is 10.5. The Bertz CT molecular complexity index is 692. The number of hydrogen-bond acceptors (Lipinski definition) is 3. The van der Waals surface area contributed by atoms with E-state index in [0.29, 0.717) is 0 Å². The maximum absolute atomic E-state index is 11.9. The van der Waals surface area contributed by atoms with Crippen molar-refractivity contribution in [2.75, 3.05) is 6.54 Å². The van der Waals surface area contributed by atoms with E-state index in [9.17, 15) is 4.79 Å². The molecule has 0 aliphatic heterocycles. The summed E-state index contributed by atoms with van der Waals surface area (Å²) in [4.78, 5) is 16.0. The summed E-state index contributed by atoms with van der Waals surface area (Å²) in [5.41, 5.74) is 7.79. The zero-order valence-corrected chi connectivity index (χ0v) is 17.7. The highest BCUT2D eigenvalue weighted by atomic mass is 16.1. The maximum atomic E-state index is 11.9. The number of aromatic nitrogens is 2. The second kappa shape index (κ2) is 11.0. The van der Waals surface area contributed by atoms with Gasteiger partial charge in [0.2, 0.25) is 5.91 Å². The number of carbonyl (C=O) groups is 1. The number of primary amides is 1. The molecular weight excluding hydrogens is 348 g/mol. The van der Waals surface area contributed by atoms with Crippen molar-refractivity contribution in [3.63, 3.8) is 0 Å². The second-order valence-corrected chi connectivity index (χ2v) is 8.13. The van der Waals surface area contributed by atoms with Gasteiger partial charge in [-0.3, -0.25) is 4.79 Å². The van der Waals surface area contributed by atoms with Crippen molar-refractivity contribution < 1.29 is 4.79 Å². The van der Waals surface area contributed by atoms with Crippen LogP contribution in [0.4, 0.5) is 0 Å². The molecule has 2 aromatic rings. The Kier molecular flexibility index (Phi) is 8.71. The fraction of sp³-hybridized carbons (Fsp3) is 0.565. The first kappa shape index (κ1) is 22.2. The van der Waals surface area contributed by atoms with Gasteiger partial charge in [-0.15, -0.1) is 0 Å². The van der Waals surface area contributed by atoms with Crippen LogP contribution in [0.15, 0.2) is 43.0 Å². The van der Waals surface area contributed by atoms with Crippen molar-refractivity contribution >= 4 is 5.91 Å². The van der Waals surface area contributed by atoms with Gasteiger partial charge in [0.25, 0.3) is 0 Å². The van der Waals surface area contributed by atoms with Crippen LogP contribution >= 0.6 is 0 Å². The Morgan fingerprint density at radius 3 is 2.54 bits per heavy atom. The number of nitrogens with zero attached hydrogens (tertiary/aromatic N) is 2. The van der Waals surface area contributed by atoms with Gasteiger partial charge in [0.1, 0.15) is 0 Å². The van der Waals surface area contributed by atoms with Crippen LogP contribution in [-0.4, -0.2) is 22.0 Å². The number of nitrogens with one attached hydrogen (secondary N) is 1. The Morgan fingerprint density at radius 1 is 1.18 bits per heavy atom. The third-order valence-corrected chi connectivity index (χ3v) is 5.44. The smallest absolute Gasteiger partial charge is 0.224 e. The minimum absolute atomic E-state index is 0.128. The van der Waals surface area contributed by atoms with Gasteiger partial charge in [0.15, 0.2) is 0 Å². The van der Waals surface area contributed by atoms with E-state index in [2.05, 4.69) is 59.9 Å². The number of hydrogen-bond donors (Lipinski definition) is 2. The summed E-state index contributed by atoms with van der Waals surface area (Å²) >= 11 is 0. The lowest BCUT2D eigenvalue weighted by Gasteiger charge is -2.28. The number of nitrogens with two attached hydrogens (primary N) is 1. The lowest BCUT2D eigenvalue weighted by Crippen LogP contribution is -2.37.